The molecular weight excluding hydrogens is 418 g/mol. The molecule has 0 spiro atoms. The molecule has 2 saturated heterocycles. The van der Waals surface area contributed by atoms with Gasteiger partial charge < -0.3 is 15.5 Å². The predicted molar refractivity (Wildman–Crippen MR) is 124 cm³/mol. The van der Waals surface area contributed by atoms with Crippen molar-refractivity contribution in [3.05, 3.63) is 58.4 Å². The summed E-state index contributed by atoms with van der Waals surface area (Å²) in [5, 5.41) is 9.25. The molecule has 8 nitrogen and oxygen atoms in total. The van der Waals surface area contributed by atoms with Crippen molar-refractivity contribution in [1.82, 2.24) is 20.5 Å². The lowest BCUT2D eigenvalue weighted by molar-refractivity contribution is -0.136. The van der Waals surface area contributed by atoms with Crippen LogP contribution in [0.4, 0.5) is 5.69 Å². The number of aromatic nitrogens is 1. The molecule has 4 heterocycles. The Morgan fingerprint density at radius 1 is 1.12 bits per heavy atom. The number of imide groups is 1. The van der Waals surface area contributed by atoms with Crippen LogP contribution in [-0.2, 0) is 22.7 Å². The van der Waals surface area contributed by atoms with E-state index in [9.17, 15) is 14.4 Å². The maximum atomic E-state index is 13.0. The van der Waals surface area contributed by atoms with E-state index >= 15 is 0 Å². The number of carbonyl (C=O) groups excluding carboxylic acids is 3. The van der Waals surface area contributed by atoms with Crippen LogP contribution in [0.25, 0.3) is 0 Å². The molecule has 2 fully saturated rings. The largest absolute Gasteiger partial charge is 0.379 e. The summed E-state index contributed by atoms with van der Waals surface area (Å²) in [6.45, 7) is 5.06. The van der Waals surface area contributed by atoms with Crippen LogP contribution in [0.1, 0.15) is 64.3 Å². The molecule has 8 heteroatoms. The van der Waals surface area contributed by atoms with E-state index in [1.807, 2.05) is 31.3 Å². The Labute approximate surface area is 193 Å². The summed E-state index contributed by atoms with van der Waals surface area (Å²) in [5.41, 5.74) is 5.79. The fraction of sp³-hybridized carbons (Fsp3) is 0.440. The Balaban J connectivity index is 1.28. The average Bonchev–Trinajstić information content (AvgIpc) is 3.15. The number of benzene rings is 1. The third-order valence-corrected chi connectivity index (χ3v) is 6.99. The second kappa shape index (κ2) is 8.94. The van der Waals surface area contributed by atoms with Crippen molar-refractivity contribution in [2.24, 2.45) is 0 Å². The molecule has 0 radical (unpaired) electrons. The van der Waals surface area contributed by atoms with Crippen LogP contribution in [0, 0.1) is 6.92 Å². The molecule has 3 amide bonds. The summed E-state index contributed by atoms with van der Waals surface area (Å²) in [5.74, 6) is -0.267. The lowest BCUT2D eigenvalue weighted by atomic mass is 9.91. The molecule has 3 aliphatic rings. The highest BCUT2D eigenvalue weighted by molar-refractivity contribution is 6.05. The molecule has 33 heavy (non-hydrogen) atoms. The first-order chi connectivity index (χ1) is 16.0. The highest BCUT2D eigenvalue weighted by Gasteiger charge is 2.39. The number of hydrogen-bond acceptors (Lipinski definition) is 6. The van der Waals surface area contributed by atoms with Crippen molar-refractivity contribution in [1.29, 1.82) is 0 Å². The Kier molecular flexibility index (Phi) is 5.85. The molecule has 1 atom stereocenters. The molecule has 0 bridgehead atoms. The number of amides is 3. The van der Waals surface area contributed by atoms with E-state index in [0.29, 0.717) is 31.0 Å². The average molecular weight is 448 g/mol. The fourth-order valence-electron chi connectivity index (χ4n) is 5.02. The SMILES string of the molecule is Cc1ncc(C2CCNCC2)cc1NCc1ccc2c(c1)C(=O)N(C1CCC(=O)NC1=O)C2. The number of pyridine rings is 1. The van der Waals surface area contributed by atoms with Gasteiger partial charge in [-0.05, 0) is 74.0 Å². The lowest BCUT2D eigenvalue weighted by Gasteiger charge is -2.29. The second-order valence-corrected chi connectivity index (χ2v) is 9.17. The Bertz CT molecular complexity index is 1110. The second-order valence-electron chi connectivity index (χ2n) is 9.17. The Morgan fingerprint density at radius 2 is 1.94 bits per heavy atom. The topological polar surface area (TPSA) is 103 Å². The zero-order valence-electron chi connectivity index (χ0n) is 18.8. The van der Waals surface area contributed by atoms with E-state index in [1.54, 1.807) is 4.90 Å². The molecule has 0 aliphatic carbocycles. The van der Waals surface area contributed by atoms with Crippen molar-refractivity contribution in [2.75, 3.05) is 18.4 Å². The lowest BCUT2D eigenvalue weighted by Crippen LogP contribution is -2.52. The molecule has 1 aromatic heterocycles. The van der Waals surface area contributed by atoms with Crippen LogP contribution in [0.15, 0.2) is 30.5 Å². The van der Waals surface area contributed by atoms with Crippen LogP contribution in [0.5, 0.6) is 0 Å². The Hall–Kier alpha value is -3.26. The number of nitrogens with one attached hydrogen (secondary N) is 3. The van der Waals surface area contributed by atoms with Gasteiger partial charge in [0, 0.05) is 31.3 Å². The van der Waals surface area contributed by atoms with Crippen LogP contribution in [-0.4, -0.2) is 46.7 Å². The van der Waals surface area contributed by atoms with Crippen LogP contribution >= 0.6 is 0 Å². The molecule has 3 aliphatic heterocycles. The summed E-state index contributed by atoms with van der Waals surface area (Å²) >= 11 is 0. The number of anilines is 1. The smallest absolute Gasteiger partial charge is 0.255 e. The molecule has 0 saturated carbocycles. The van der Waals surface area contributed by atoms with E-state index < -0.39 is 6.04 Å². The summed E-state index contributed by atoms with van der Waals surface area (Å²) < 4.78 is 0. The molecule has 5 rings (SSSR count). The van der Waals surface area contributed by atoms with Gasteiger partial charge in [0.05, 0.1) is 11.4 Å². The summed E-state index contributed by atoms with van der Waals surface area (Å²) in [7, 11) is 0. The van der Waals surface area contributed by atoms with Gasteiger partial charge in [0.1, 0.15) is 6.04 Å². The number of rotatable bonds is 5. The number of hydrogen-bond donors (Lipinski definition) is 3. The minimum Gasteiger partial charge on any atom is -0.379 e. The first-order valence-electron chi connectivity index (χ1n) is 11.7. The first kappa shape index (κ1) is 21.6. The van der Waals surface area contributed by atoms with Gasteiger partial charge in [-0.2, -0.15) is 0 Å². The number of aryl methyl sites for hydroxylation is 1. The van der Waals surface area contributed by atoms with Gasteiger partial charge in [0.15, 0.2) is 0 Å². The fourth-order valence-corrected chi connectivity index (χ4v) is 5.02. The quantitative estimate of drug-likeness (QED) is 0.608. The van der Waals surface area contributed by atoms with E-state index in [2.05, 4.69) is 27.0 Å². The van der Waals surface area contributed by atoms with Gasteiger partial charge >= 0.3 is 0 Å². The minimum absolute atomic E-state index is 0.146. The minimum atomic E-state index is -0.587. The highest BCUT2D eigenvalue weighted by Crippen LogP contribution is 2.30. The maximum Gasteiger partial charge on any atom is 0.255 e. The van der Waals surface area contributed by atoms with Crippen molar-refractivity contribution in [2.45, 2.75) is 57.7 Å². The third kappa shape index (κ3) is 4.35. The summed E-state index contributed by atoms with van der Waals surface area (Å²) in [4.78, 5) is 42.9. The maximum absolute atomic E-state index is 13.0. The van der Waals surface area contributed by atoms with Crippen molar-refractivity contribution in [3.8, 4) is 0 Å². The zero-order chi connectivity index (χ0) is 22.9. The number of piperidine rings is 2. The molecule has 1 unspecified atom stereocenters. The van der Waals surface area contributed by atoms with Crippen LogP contribution in [0.3, 0.4) is 0 Å². The van der Waals surface area contributed by atoms with Gasteiger partial charge in [-0.25, -0.2) is 0 Å². The number of nitrogens with zero attached hydrogens (tertiary/aromatic N) is 2. The predicted octanol–water partition coefficient (Wildman–Crippen LogP) is 2.23. The van der Waals surface area contributed by atoms with Crippen molar-refractivity contribution in [3.63, 3.8) is 0 Å². The van der Waals surface area contributed by atoms with E-state index in [-0.39, 0.29) is 24.1 Å². The molecule has 1 aromatic carbocycles. The standard InChI is InChI=1S/C25H29N5O3/c1-15-21(11-19(13-27-15)17-6-8-26-9-7-17)28-12-16-2-3-18-14-30(25(33)20(18)10-16)22-4-5-23(31)29-24(22)32/h2-3,10-11,13,17,22,26,28H,4-9,12,14H2,1H3,(H,29,31,32). The van der Waals surface area contributed by atoms with Gasteiger partial charge in [-0.15, -0.1) is 0 Å². The Morgan fingerprint density at radius 3 is 2.73 bits per heavy atom. The third-order valence-electron chi connectivity index (χ3n) is 6.99. The van der Waals surface area contributed by atoms with E-state index in [0.717, 1.165) is 48.4 Å². The van der Waals surface area contributed by atoms with Gasteiger partial charge in [0.25, 0.3) is 5.91 Å². The van der Waals surface area contributed by atoms with Crippen LogP contribution in [0.2, 0.25) is 0 Å². The monoisotopic (exact) mass is 447 g/mol. The molecular formula is C25H29N5O3. The first-order valence-corrected chi connectivity index (χ1v) is 11.7. The molecule has 3 N–H and O–H groups in total. The summed E-state index contributed by atoms with van der Waals surface area (Å²) in [6, 6.07) is 7.52. The molecule has 2 aromatic rings. The zero-order valence-corrected chi connectivity index (χ0v) is 18.8. The number of carbonyl (C=O) groups is 3. The van der Waals surface area contributed by atoms with Crippen LogP contribution < -0.4 is 16.0 Å². The normalized spacial score (nSPS) is 21.2. The molecule has 172 valence electrons. The van der Waals surface area contributed by atoms with Gasteiger partial charge in [-0.3, -0.25) is 24.7 Å². The summed E-state index contributed by atoms with van der Waals surface area (Å²) in [6.07, 6.45) is 4.88. The van der Waals surface area contributed by atoms with Crippen molar-refractivity contribution < 1.29 is 14.4 Å². The highest BCUT2D eigenvalue weighted by atomic mass is 16.2. The van der Waals surface area contributed by atoms with Gasteiger partial charge in [-0.1, -0.05) is 12.1 Å². The van der Waals surface area contributed by atoms with E-state index in [4.69, 9.17) is 0 Å². The van der Waals surface area contributed by atoms with Crippen molar-refractivity contribution >= 4 is 23.4 Å². The van der Waals surface area contributed by atoms with Gasteiger partial charge in [0.2, 0.25) is 11.8 Å². The number of fused-ring (bicyclic) bond motifs is 1. The van der Waals surface area contributed by atoms with E-state index in [1.165, 1.54) is 5.56 Å².